The van der Waals surface area contributed by atoms with E-state index in [0.29, 0.717) is 0 Å². The van der Waals surface area contributed by atoms with Crippen LogP contribution < -0.4 is 10.6 Å². The Morgan fingerprint density at radius 1 is 1.27 bits per heavy atom. The summed E-state index contributed by atoms with van der Waals surface area (Å²) in [5, 5.41) is 15.0. The third-order valence-corrected chi connectivity index (χ3v) is 3.86. The maximum Gasteiger partial charge on any atom is 0.407 e. The van der Waals surface area contributed by atoms with E-state index in [9.17, 15) is 9.59 Å². The van der Waals surface area contributed by atoms with E-state index >= 15 is 0 Å². The van der Waals surface area contributed by atoms with Crippen LogP contribution in [0.25, 0.3) is 0 Å². The first-order valence-electron chi connectivity index (χ1n) is 7.55. The molecule has 0 aliphatic carbocycles. The second-order valence-electron chi connectivity index (χ2n) is 5.50. The monoisotopic (exact) mass is 306 g/mol. The second-order valence-corrected chi connectivity index (χ2v) is 5.50. The molecule has 3 N–H and O–H groups in total. The van der Waals surface area contributed by atoms with E-state index in [1.54, 1.807) is 0 Å². The molecule has 6 nitrogen and oxygen atoms in total. The van der Waals surface area contributed by atoms with Crippen LogP contribution in [0.15, 0.2) is 30.3 Å². The van der Waals surface area contributed by atoms with E-state index in [0.717, 1.165) is 31.5 Å². The summed E-state index contributed by atoms with van der Waals surface area (Å²) in [4.78, 5) is 22.9. The van der Waals surface area contributed by atoms with Gasteiger partial charge >= 0.3 is 12.1 Å². The number of amides is 1. The van der Waals surface area contributed by atoms with Gasteiger partial charge in [0, 0.05) is 6.04 Å². The largest absolute Gasteiger partial charge is 0.481 e. The number of ether oxygens (including phenoxy) is 1. The Balaban J connectivity index is 1.85. The number of rotatable bonds is 6. The van der Waals surface area contributed by atoms with Gasteiger partial charge < -0.3 is 20.5 Å². The highest BCUT2D eigenvalue weighted by Gasteiger charge is 2.27. The Hall–Kier alpha value is -2.08. The number of carbonyl (C=O) groups excluding carboxylic acids is 1. The van der Waals surface area contributed by atoms with Crippen molar-refractivity contribution in [2.45, 2.75) is 31.9 Å². The molecule has 1 aromatic rings. The highest BCUT2D eigenvalue weighted by atomic mass is 16.5. The predicted octanol–water partition coefficient (Wildman–Crippen LogP) is 1.76. The van der Waals surface area contributed by atoms with Gasteiger partial charge in [0.05, 0.1) is 6.42 Å². The maximum atomic E-state index is 11.9. The molecule has 1 aliphatic heterocycles. The van der Waals surface area contributed by atoms with Gasteiger partial charge in [0.1, 0.15) is 6.61 Å². The Morgan fingerprint density at radius 3 is 2.59 bits per heavy atom. The molecule has 0 bridgehead atoms. The van der Waals surface area contributed by atoms with E-state index < -0.39 is 12.1 Å². The standard InChI is InChI=1S/C16H22N2O4/c19-15(20)10-14(13-6-8-17-9-7-13)18-16(21)22-11-12-4-2-1-3-5-12/h1-5,13-14,17H,6-11H2,(H,18,21)(H,19,20)/t14-/m1/s1. The van der Waals surface area contributed by atoms with Crippen LogP contribution in [0.5, 0.6) is 0 Å². The predicted molar refractivity (Wildman–Crippen MR) is 81.4 cm³/mol. The summed E-state index contributed by atoms with van der Waals surface area (Å²) in [6.07, 6.45) is 1.08. The number of nitrogens with one attached hydrogen (secondary N) is 2. The third kappa shape index (κ3) is 5.37. The van der Waals surface area contributed by atoms with Crippen LogP contribution in [0.2, 0.25) is 0 Å². The van der Waals surface area contributed by atoms with Gasteiger partial charge in [-0.1, -0.05) is 30.3 Å². The summed E-state index contributed by atoms with van der Waals surface area (Å²) in [6, 6.07) is 8.99. The van der Waals surface area contributed by atoms with Crippen LogP contribution in [-0.2, 0) is 16.1 Å². The fourth-order valence-corrected chi connectivity index (χ4v) is 2.69. The molecule has 6 heteroatoms. The molecule has 1 atom stereocenters. The van der Waals surface area contributed by atoms with E-state index in [1.165, 1.54) is 0 Å². The quantitative estimate of drug-likeness (QED) is 0.745. The number of hydrogen-bond donors (Lipinski definition) is 3. The molecule has 0 radical (unpaired) electrons. The van der Waals surface area contributed by atoms with Gasteiger partial charge in [0.15, 0.2) is 0 Å². The lowest BCUT2D eigenvalue weighted by molar-refractivity contribution is -0.137. The highest BCUT2D eigenvalue weighted by Crippen LogP contribution is 2.19. The van der Waals surface area contributed by atoms with Gasteiger partial charge in [-0.25, -0.2) is 4.79 Å². The van der Waals surface area contributed by atoms with Gasteiger partial charge in [-0.2, -0.15) is 0 Å². The van der Waals surface area contributed by atoms with Gasteiger partial charge in [0.2, 0.25) is 0 Å². The van der Waals surface area contributed by atoms with Crippen molar-refractivity contribution in [3.63, 3.8) is 0 Å². The molecule has 1 saturated heterocycles. The van der Waals surface area contributed by atoms with Gasteiger partial charge in [-0.3, -0.25) is 4.79 Å². The lowest BCUT2D eigenvalue weighted by Crippen LogP contribution is -2.45. The topological polar surface area (TPSA) is 87.7 Å². The molecule has 1 fully saturated rings. The average molecular weight is 306 g/mol. The number of carboxylic acid groups (broad SMARTS) is 1. The molecule has 0 unspecified atom stereocenters. The van der Waals surface area contributed by atoms with Crippen molar-refractivity contribution in [3.05, 3.63) is 35.9 Å². The fourth-order valence-electron chi connectivity index (χ4n) is 2.69. The summed E-state index contributed by atoms with van der Waals surface area (Å²) in [5.74, 6) is -0.742. The molecule has 1 aliphatic rings. The minimum absolute atomic E-state index is 0.0783. The Bertz CT molecular complexity index is 486. The molecule has 2 rings (SSSR count). The summed E-state index contributed by atoms with van der Waals surface area (Å²) in [7, 11) is 0. The van der Waals surface area contributed by atoms with Crippen LogP contribution in [0.1, 0.15) is 24.8 Å². The SMILES string of the molecule is O=C(O)C[C@@H](NC(=O)OCc1ccccc1)C1CCNCC1. The van der Waals surface area contributed by atoms with Crippen molar-refractivity contribution in [2.75, 3.05) is 13.1 Å². The van der Waals surface area contributed by atoms with Crippen molar-refractivity contribution in [1.29, 1.82) is 0 Å². The van der Waals surface area contributed by atoms with Crippen molar-refractivity contribution < 1.29 is 19.4 Å². The van der Waals surface area contributed by atoms with Crippen LogP contribution >= 0.6 is 0 Å². The number of carbonyl (C=O) groups is 2. The highest BCUT2D eigenvalue weighted by molar-refractivity contribution is 5.71. The Morgan fingerprint density at radius 2 is 1.95 bits per heavy atom. The number of benzene rings is 1. The molecule has 22 heavy (non-hydrogen) atoms. The summed E-state index contributed by atoms with van der Waals surface area (Å²) < 4.78 is 5.17. The van der Waals surface area contributed by atoms with Crippen molar-refractivity contribution >= 4 is 12.1 Å². The molecule has 0 saturated carbocycles. The van der Waals surface area contributed by atoms with Crippen molar-refractivity contribution in [2.24, 2.45) is 5.92 Å². The minimum atomic E-state index is -0.910. The van der Waals surface area contributed by atoms with Crippen molar-refractivity contribution in [3.8, 4) is 0 Å². The van der Waals surface area contributed by atoms with Crippen LogP contribution in [0.3, 0.4) is 0 Å². The van der Waals surface area contributed by atoms with E-state index in [1.807, 2.05) is 30.3 Å². The molecule has 1 heterocycles. The van der Waals surface area contributed by atoms with E-state index in [-0.39, 0.29) is 25.0 Å². The molecule has 0 aromatic heterocycles. The van der Waals surface area contributed by atoms with Crippen LogP contribution in [0, 0.1) is 5.92 Å². The second kappa shape index (κ2) is 8.38. The van der Waals surface area contributed by atoms with Crippen LogP contribution in [0.4, 0.5) is 4.79 Å². The average Bonchev–Trinajstić information content (AvgIpc) is 2.54. The first-order valence-corrected chi connectivity index (χ1v) is 7.55. The van der Waals surface area contributed by atoms with E-state index in [4.69, 9.17) is 9.84 Å². The van der Waals surface area contributed by atoms with Crippen LogP contribution in [-0.4, -0.2) is 36.3 Å². The lowest BCUT2D eigenvalue weighted by Gasteiger charge is -2.30. The summed E-state index contributed by atoms with van der Waals surface area (Å²) >= 11 is 0. The molecule has 0 spiro atoms. The zero-order chi connectivity index (χ0) is 15.8. The van der Waals surface area contributed by atoms with Gasteiger partial charge in [0.25, 0.3) is 0 Å². The first kappa shape index (κ1) is 16.3. The zero-order valence-corrected chi connectivity index (χ0v) is 12.5. The first-order chi connectivity index (χ1) is 10.6. The lowest BCUT2D eigenvalue weighted by atomic mass is 9.88. The maximum absolute atomic E-state index is 11.9. The Labute approximate surface area is 129 Å². The number of hydrogen-bond acceptors (Lipinski definition) is 4. The number of aliphatic carboxylic acids is 1. The normalized spacial score (nSPS) is 16.7. The molecule has 120 valence electrons. The zero-order valence-electron chi connectivity index (χ0n) is 12.5. The summed E-state index contributed by atoms with van der Waals surface area (Å²) in [5.41, 5.74) is 0.898. The molecule has 1 aromatic carbocycles. The van der Waals surface area contributed by atoms with E-state index in [2.05, 4.69) is 10.6 Å². The number of carboxylic acids is 1. The Kier molecular flexibility index (Phi) is 6.21. The van der Waals surface area contributed by atoms with Gasteiger partial charge in [-0.05, 0) is 37.4 Å². The molecular weight excluding hydrogens is 284 g/mol. The number of alkyl carbamates (subject to hydrolysis) is 1. The van der Waals surface area contributed by atoms with Crippen molar-refractivity contribution in [1.82, 2.24) is 10.6 Å². The minimum Gasteiger partial charge on any atom is -0.481 e. The smallest absolute Gasteiger partial charge is 0.407 e. The third-order valence-electron chi connectivity index (χ3n) is 3.86. The number of piperidine rings is 1. The fraction of sp³-hybridized carbons (Fsp3) is 0.500. The summed E-state index contributed by atoms with van der Waals surface area (Å²) in [6.45, 7) is 1.88. The molecule has 1 amide bonds. The van der Waals surface area contributed by atoms with Gasteiger partial charge in [-0.15, -0.1) is 0 Å². The molecular formula is C16H22N2O4.